The Morgan fingerprint density at radius 1 is 1.25 bits per heavy atom. The fourth-order valence-corrected chi connectivity index (χ4v) is 2.15. The van der Waals surface area contributed by atoms with E-state index in [1.54, 1.807) is 0 Å². The minimum atomic E-state index is 0.0426. The van der Waals surface area contributed by atoms with Gasteiger partial charge < -0.3 is 14.5 Å². The number of aryl methyl sites for hydroxylation is 1. The molecule has 20 heavy (non-hydrogen) atoms. The molecule has 0 bridgehead atoms. The molecule has 0 fully saturated rings. The van der Waals surface area contributed by atoms with Crippen LogP contribution in [-0.4, -0.2) is 27.9 Å². The Morgan fingerprint density at radius 3 is 2.55 bits per heavy atom. The van der Waals surface area contributed by atoms with Crippen LogP contribution in [0.5, 0.6) is 0 Å². The quantitative estimate of drug-likeness (QED) is 0.840. The zero-order valence-corrected chi connectivity index (χ0v) is 12.0. The topological polar surface area (TPSA) is 62.4 Å². The van der Waals surface area contributed by atoms with Gasteiger partial charge in [-0.1, -0.05) is 37.2 Å². The summed E-state index contributed by atoms with van der Waals surface area (Å²) in [6.07, 6.45) is 1.58. The maximum Gasteiger partial charge on any atom is 0.226 e. The Morgan fingerprint density at radius 2 is 2.00 bits per heavy atom. The number of hydrogen-bond donors (Lipinski definition) is 1. The summed E-state index contributed by atoms with van der Waals surface area (Å²) in [6.45, 7) is 4.68. The van der Waals surface area contributed by atoms with E-state index in [1.807, 2.05) is 37.3 Å². The molecule has 1 heterocycles. The molecule has 2 rings (SSSR count). The Kier molecular flexibility index (Phi) is 5.12. The smallest absolute Gasteiger partial charge is 0.226 e. The fraction of sp³-hybridized carbons (Fsp3) is 0.467. The predicted molar refractivity (Wildman–Crippen MR) is 77.5 cm³/mol. The Balaban J connectivity index is 2.22. The first kappa shape index (κ1) is 14.5. The second-order valence-corrected chi connectivity index (χ2v) is 4.67. The number of anilines is 1. The van der Waals surface area contributed by atoms with Crippen LogP contribution in [0.4, 0.5) is 5.69 Å². The summed E-state index contributed by atoms with van der Waals surface area (Å²) in [6, 6.07) is 10.0. The molecule has 1 aromatic carbocycles. The van der Waals surface area contributed by atoms with Crippen molar-refractivity contribution in [3.63, 3.8) is 0 Å². The van der Waals surface area contributed by atoms with E-state index in [9.17, 15) is 5.11 Å². The molecule has 5 heteroatoms. The third-order valence-corrected chi connectivity index (χ3v) is 3.33. The lowest BCUT2D eigenvalue weighted by molar-refractivity contribution is 0.254. The van der Waals surface area contributed by atoms with E-state index in [-0.39, 0.29) is 12.6 Å². The zero-order chi connectivity index (χ0) is 14.4. The lowest BCUT2D eigenvalue weighted by Crippen LogP contribution is -2.37. The van der Waals surface area contributed by atoms with E-state index in [4.69, 9.17) is 4.52 Å². The Hall–Kier alpha value is -1.88. The predicted octanol–water partition coefficient (Wildman–Crippen LogP) is 2.41. The van der Waals surface area contributed by atoms with Crippen LogP contribution in [0.15, 0.2) is 34.9 Å². The molecule has 0 saturated heterocycles. The molecule has 0 amide bonds. The molecule has 0 saturated carbocycles. The third-order valence-electron chi connectivity index (χ3n) is 3.33. The molecule has 1 aromatic heterocycles. The fourth-order valence-electron chi connectivity index (χ4n) is 2.15. The van der Waals surface area contributed by atoms with Gasteiger partial charge in [-0.2, -0.15) is 4.98 Å². The summed E-state index contributed by atoms with van der Waals surface area (Å²) >= 11 is 0. The van der Waals surface area contributed by atoms with Crippen molar-refractivity contribution < 1.29 is 9.63 Å². The van der Waals surface area contributed by atoms with E-state index < -0.39 is 0 Å². The third kappa shape index (κ3) is 3.36. The average molecular weight is 275 g/mol. The summed E-state index contributed by atoms with van der Waals surface area (Å²) in [5, 5.41) is 13.6. The van der Waals surface area contributed by atoms with E-state index in [0.717, 1.165) is 18.5 Å². The second-order valence-electron chi connectivity index (χ2n) is 4.67. The normalized spacial score (nSPS) is 12.3. The number of nitrogens with zero attached hydrogens (tertiary/aromatic N) is 3. The monoisotopic (exact) mass is 275 g/mol. The SMILES string of the molecule is CCc1nc(CN(c2ccccc2)C(CC)CO)no1. The standard InChI is InChI=1S/C15H21N3O2/c1-3-12(11-19)18(13-8-6-5-7-9-13)10-14-16-15(4-2)20-17-14/h5-9,12,19H,3-4,10-11H2,1-2H3. The van der Waals surface area contributed by atoms with Gasteiger partial charge in [0.1, 0.15) is 0 Å². The van der Waals surface area contributed by atoms with Crippen molar-refractivity contribution in [2.75, 3.05) is 11.5 Å². The highest BCUT2D eigenvalue weighted by Gasteiger charge is 2.19. The van der Waals surface area contributed by atoms with Crippen LogP contribution in [0.25, 0.3) is 0 Å². The molecule has 0 aliphatic carbocycles. The second kappa shape index (κ2) is 7.05. The molecule has 1 atom stereocenters. The van der Waals surface area contributed by atoms with Gasteiger partial charge in [0.25, 0.3) is 0 Å². The minimum absolute atomic E-state index is 0.0426. The maximum atomic E-state index is 9.58. The van der Waals surface area contributed by atoms with Crippen molar-refractivity contribution >= 4 is 5.69 Å². The first-order valence-corrected chi connectivity index (χ1v) is 7.02. The first-order chi connectivity index (χ1) is 9.78. The van der Waals surface area contributed by atoms with E-state index in [1.165, 1.54) is 0 Å². The first-order valence-electron chi connectivity index (χ1n) is 7.02. The van der Waals surface area contributed by atoms with Gasteiger partial charge in [0.05, 0.1) is 19.2 Å². The average Bonchev–Trinajstić information content (AvgIpc) is 2.96. The van der Waals surface area contributed by atoms with Gasteiger partial charge >= 0.3 is 0 Å². The highest BCUT2D eigenvalue weighted by Crippen LogP contribution is 2.20. The van der Waals surface area contributed by atoms with Crippen LogP contribution < -0.4 is 4.90 Å². The van der Waals surface area contributed by atoms with Crippen molar-refractivity contribution in [3.05, 3.63) is 42.0 Å². The molecule has 108 valence electrons. The van der Waals surface area contributed by atoms with Gasteiger partial charge in [0.2, 0.25) is 5.89 Å². The van der Waals surface area contributed by atoms with Gasteiger partial charge in [-0.05, 0) is 18.6 Å². The molecule has 0 radical (unpaired) electrons. The van der Waals surface area contributed by atoms with Crippen molar-refractivity contribution in [1.82, 2.24) is 10.1 Å². The van der Waals surface area contributed by atoms with Gasteiger partial charge in [-0.25, -0.2) is 0 Å². The molecule has 0 aliphatic rings. The Bertz CT molecular complexity index is 509. The van der Waals surface area contributed by atoms with Gasteiger partial charge in [-0.15, -0.1) is 0 Å². The summed E-state index contributed by atoms with van der Waals surface area (Å²) in [4.78, 5) is 6.46. The molecule has 0 aliphatic heterocycles. The lowest BCUT2D eigenvalue weighted by atomic mass is 10.1. The number of hydrogen-bond acceptors (Lipinski definition) is 5. The van der Waals surface area contributed by atoms with Crippen LogP contribution in [0.2, 0.25) is 0 Å². The van der Waals surface area contributed by atoms with Gasteiger partial charge in [-0.3, -0.25) is 0 Å². The summed E-state index contributed by atoms with van der Waals surface area (Å²) in [7, 11) is 0. The summed E-state index contributed by atoms with van der Waals surface area (Å²) in [5.41, 5.74) is 1.05. The van der Waals surface area contributed by atoms with E-state index in [2.05, 4.69) is 22.0 Å². The molecule has 0 spiro atoms. The number of para-hydroxylation sites is 1. The molecular weight excluding hydrogens is 254 g/mol. The van der Waals surface area contributed by atoms with Crippen LogP contribution >= 0.6 is 0 Å². The number of rotatable bonds is 7. The summed E-state index contributed by atoms with van der Waals surface area (Å²) < 4.78 is 5.15. The van der Waals surface area contributed by atoms with E-state index >= 15 is 0 Å². The van der Waals surface area contributed by atoms with Crippen molar-refractivity contribution in [3.8, 4) is 0 Å². The van der Waals surface area contributed by atoms with Gasteiger partial charge in [0.15, 0.2) is 5.82 Å². The van der Waals surface area contributed by atoms with Crippen LogP contribution in [-0.2, 0) is 13.0 Å². The van der Waals surface area contributed by atoms with Crippen LogP contribution in [0.1, 0.15) is 32.0 Å². The number of aromatic nitrogens is 2. The lowest BCUT2D eigenvalue weighted by Gasteiger charge is -2.30. The summed E-state index contributed by atoms with van der Waals surface area (Å²) in [5.74, 6) is 1.29. The Labute approximate surface area is 119 Å². The minimum Gasteiger partial charge on any atom is -0.394 e. The molecule has 5 nitrogen and oxygen atoms in total. The zero-order valence-electron chi connectivity index (χ0n) is 12.0. The maximum absolute atomic E-state index is 9.58. The number of aliphatic hydroxyl groups excluding tert-OH is 1. The molecule has 1 N–H and O–H groups in total. The van der Waals surface area contributed by atoms with Crippen LogP contribution in [0.3, 0.4) is 0 Å². The van der Waals surface area contributed by atoms with Gasteiger partial charge in [0, 0.05) is 12.1 Å². The highest BCUT2D eigenvalue weighted by atomic mass is 16.5. The number of benzene rings is 1. The largest absolute Gasteiger partial charge is 0.394 e. The molecule has 2 aromatic rings. The molecule has 1 unspecified atom stereocenters. The van der Waals surface area contributed by atoms with Crippen molar-refractivity contribution in [1.29, 1.82) is 0 Å². The number of aliphatic hydroxyl groups is 1. The molecular formula is C15H21N3O2. The highest BCUT2D eigenvalue weighted by molar-refractivity contribution is 5.47. The van der Waals surface area contributed by atoms with Crippen molar-refractivity contribution in [2.45, 2.75) is 39.3 Å². The van der Waals surface area contributed by atoms with E-state index in [0.29, 0.717) is 18.3 Å². The van der Waals surface area contributed by atoms with Crippen molar-refractivity contribution in [2.24, 2.45) is 0 Å². The van der Waals surface area contributed by atoms with Crippen LogP contribution in [0, 0.1) is 0 Å².